The maximum atomic E-state index is 12.2. The first-order valence-corrected chi connectivity index (χ1v) is 10.7. The van der Waals surface area contributed by atoms with Crippen molar-refractivity contribution in [2.24, 2.45) is 0 Å². The third kappa shape index (κ3) is 6.21. The van der Waals surface area contributed by atoms with Gasteiger partial charge in [-0.2, -0.15) is 0 Å². The summed E-state index contributed by atoms with van der Waals surface area (Å²) in [5.74, 6) is -0.961. The van der Waals surface area contributed by atoms with Gasteiger partial charge in [-0.25, -0.2) is 14.4 Å². The molecular formula is C25H24O6S. The Morgan fingerprint density at radius 2 is 1.25 bits per heavy atom. The van der Waals surface area contributed by atoms with Crippen molar-refractivity contribution in [1.82, 2.24) is 0 Å². The molecule has 0 N–H and O–H groups in total. The van der Waals surface area contributed by atoms with Gasteiger partial charge in [0.2, 0.25) is 0 Å². The average molecular weight is 453 g/mol. The molecule has 0 heterocycles. The van der Waals surface area contributed by atoms with Gasteiger partial charge in [0.05, 0.1) is 4.90 Å². The van der Waals surface area contributed by atoms with Crippen LogP contribution in [0, 0.1) is 0 Å². The van der Waals surface area contributed by atoms with Gasteiger partial charge in [0.15, 0.2) is 0 Å². The molecule has 0 radical (unpaired) electrons. The molecule has 2 aromatic carbocycles. The third-order valence-electron chi connectivity index (χ3n) is 4.09. The number of ether oxygens (including phenoxy) is 3. The van der Waals surface area contributed by atoms with Crippen molar-refractivity contribution in [3.05, 3.63) is 72.9 Å². The van der Waals surface area contributed by atoms with Crippen LogP contribution in [0.15, 0.2) is 77.7 Å². The number of hydrogen-bond acceptors (Lipinski definition) is 7. The van der Waals surface area contributed by atoms with Gasteiger partial charge < -0.3 is 14.2 Å². The largest absolute Gasteiger partial charge is 0.423 e. The third-order valence-corrected chi connectivity index (χ3v) is 4.85. The summed E-state index contributed by atoms with van der Waals surface area (Å²) in [4.78, 5) is 36.7. The molecule has 6 nitrogen and oxygen atoms in total. The zero-order valence-corrected chi connectivity index (χ0v) is 19.3. The lowest BCUT2D eigenvalue weighted by molar-refractivity contribution is -0.131. The topological polar surface area (TPSA) is 78.9 Å². The summed E-state index contributed by atoms with van der Waals surface area (Å²) in [7, 11) is 0. The number of rotatable bonds is 8. The Morgan fingerprint density at radius 3 is 1.78 bits per heavy atom. The van der Waals surface area contributed by atoms with E-state index in [9.17, 15) is 14.4 Å². The van der Waals surface area contributed by atoms with Crippen LogP contribution >= 0.6 is 11.8 Å². The highest BCUT2D eigenvalue weighted by molar-refractivity contribution is 7.98. The fraction of sp³-hybridized carbons (Fsp3) is 0.160. The van der Waals surface area contributed by atoms with E-state index in [-0.39, 0.29) is 28.2 Å². The van der Waals surface area contributed by atoms with Gasteiger partial charge in [0.1, 0.15) is 17.2 Å². The number of hydrogen-bond donors (Lipinski definition) is 0. The van der Waals surface area contributed by atoms with Crippen molar-refractivity contribution in [2.75, 3.05) is 6.26 Å². The van der Waals surface area contributed by atoms with Crippen molar-refractivity contribution in [3.8, 4) is 28.4 Å². The second-order valence-corrected chi connectivity index (χ2v) is 7.88. The summed E-state index contributed by atoms with van der Waals surface area (Å²) in [6.45, 7) is 15.4. The van der Waals surface area contributed by atoms with Crippen LogP contribution in [0.3, 0.4) is 0 Å². The number of esters is 3. The highest BCUT2D eigenvalue weighted by atomic mass is 32.2. The molecule has 0 spiro atoms. The second-order valence-electron chi connectivity index (χ2n) is 7.03. The molecule has 0 bridgehead atoms. The molecule has 0 saturated heterocycles. The van der Waals surface area contributed by atoms with Gasteiger partial charge in [-0.15, -0.1) is 11.8 Å². The molecule has 0 aliphatic heterocycles. The zero-order chi connectivity index (χ0) is 24.0. The molecule has 0 fully saturated rings. The van der Waals surface area contributed by atoms with Crippen LogP contribution < -0.4 is 14.2 Å². The van der Waals surface area contributed by atoms with E-state index in [1.54, 1.807) is 37.3 Å². The first kappa shape index (κ1) is 24.7. The quantitative estimate of drug-likeness (QED) is 0.226. The predicted molar refractivity (Wildman–Crippen MR) is 125 cm³/mol. The lowest BCUT2D eigenvalue weighted by Crippen LogP contribution is -2.11. The number of thioether (sulfide) groups is 1. The lowest BCUT2D eigenvalue weighted by atomic mass is 10.0. The SMILES string of the molecule is C=C(C)C(=O)Oc1ccc(-c2ccc(OC(=O)C(=C)C)c(SC)c2)c(OC(=O)C(=C)C)c1. The Kier molecular flexibility index (Phi) is 8.21. The summed E-state index contributed by atoms with van der Waals surface area (Å²) in [5.41, 5.74) is 2.01. The minimum atomic E-state index is -0.619. The van der Waals surface area contributed by atoms with Crippen molar-refractivity contribution in [2.45, 2.75) is 25.7 Å². The van der Waals surface area contributed by atoms with Crippen molar-refractivity contribution >= 4 is 29.7 Å². The highest BCUT2D eigenvalue weighted by Crippen LogP contribution is 2.38. The van der Waals surface area contributed by atoms with Gasteiger partial charge in [-0.1, -0.05) is 25.8 Å². The van der Waals surface area contributed by atoms with Crippen LogP contribution in [0.4, 0.5) is 0 Å². The van der Waals surface area contributed by atoms with Crippen molar-refractivity contribution < 1.29 is 28.6 Å². The van der Waals surface area contributed by atoms with Gasteiger partial charge in [-0.3, -0.25) is 0 Å². The summed E-state index contributed by atoms with van der Waals surface area (Å²) in [6, 6.07) is 9.89. The van der Waals surface area contributed by atoms with Crippen LogP contribution in [-0.4, -0.2) is 24.2 Å². The molecular weight excluding hydrogens is 428 g/mol. The van der Waals surface area contributed by atoms with E-state index in [4.69, 9.17) is 14.2 Å². The van der Waals surface area contributed by atoms with Gasteiger partial charge in [0, 0.05) is 28.3 Å². The Hall–Kier alpha value is -3.58. The number of carbonyl (C=O) groups is 3. The molecule has 0 unspecified atom stereocenters. The molecule has 0 saturated carbocycles. The normalized spacial score (nSPS) is 10.1. The van der Waals surface area contributed by atoms with E-state index in [0.717, 1.165) is 0 Å². The summed E-state index contributed by atoms with van der Waals surface area (Å²) < 4.78 is 16.1. The van der Waals surface area contributed by atoms with E-state index < -0.39 is 17.9 Å². The van der Waals surface area contributed by atoms with Gasteiger partial charge in [0.25, 0.3) is 0 Å². The molecule has 0 atom stereocenters. The van der Waals surface area contributed by atoms with E-state index in [2.05, 4.69) is 19.7 Å². The smallest absolute Gasteiger partial charge is 0.338 e. The van der Waals surface area contributed by atoms with E-state index in [0.29, 0.717) is 21.8 Å². The van der Waals surface area contributed by atoms with Crippen LogP contribution in [0.25, 0.3) is 11.1 Å². The average Bonchev–Trinajstić information content (AvgIpc) is 2.74. The van der Waals surface area contributed by atoms with Crippen LogP contribution in [0.1, 0.15) is 20.8 Å². The predicted octanol–water partition coefficient (Wildman–Crippen LogP) is 5.52. The molecule has 2 aromatic rings. The fourth-order valence-corrected chi connectivity index (χ4v) is 2.93. The fourth-order valence-electron chi connectivity index (χ4n) is 2.38. The standard InChI is InChI=1S/C25H24O6S/c1-14(2)23(26)29-18-9-10-19(21(13-18)31-25(28)16(5)6)17-8-11-20(22(12-17)32-7)30-24(27)15(3)4/h8-13H,1,3,5H2,2,4,6-7H3. The zero-order valence-electron chi connectivity index (χ0n) is 18.4. The second kappa shape index (κ2) is 10.6. The van der Waals surface area contributed by atoms with E-state index in [1.165, 1.54) is 31.7 Å². The van der Waals surface area contributed by atoms with E-state index >= 15 is 0 Å². The van der Waals surface area contributed by atoms with Crippen LogP contribution in [0.5, 0.6) is 17.2 Å². The summed E-state index contributed by atoms with van der Waals surface area (Å²) in [6.07, 6.45) is 1.85. The molecule has 2 rings (SSSR count). The number of benzene rings is 2. The van der Waals surface area contributed by atoms with Crippen molar-refractivity contribution in [3.63, 3.8) is 0 Å². The number of carbonyl (C=O) groups excluding carboxylic acids is 3. The Morgan fingerprint density at radius 1 is 0.719 bits per heavy atom. The molecule has 32 heavy (non-hydrogen) atoms. The minimum Gasteiger partial charge on any atom is -0.423 e. The molecule has 166 valence electrons. The molecule has 0 amide bonds. The maximum Gasteiger partial charge on any atom is 0.338 e. The Labute approximate surface area is 191 Å². The first-order chi connectivity index (χ1) is 15.0. The molecule has 0 aromatic heterocycles. The first-order valence-electron chi connectivity index (χ1n) is 9.49. The monoisotopic (exact) mass is 452 g/mol. The Bertz CT molecular complexity index is 1130. The molecule has 0 aliphatic rings. The van der Waals surface area contributed by atoms with Gasteiger partial charge >= 0.3 is 17.9 Å². The Balaban J connectivity index is 2.52. The lowest BCUT2D eigenvalue weighted by Gasteiger charge is -2.15. The van der Waals surface area contributed by atoms with E-state index in [1.807, 2.05) is 6.26 Å². The summed E-state index contributed by atoms with van der Waals surface area (Å²) in [5, 5.41) is 0. The van der Waals surface area contributed by atoms with Crippen LogP contribution in [-0.2, 0) is 14.4 Å². The molecule has 0 aliphatic carbocycles. The molecule has 7 heteroatoms. The highest BCUT2D eigenvalue weighted by Gasteiger charge is 2.17. The van der Waals surface area contributed by atoms with Gasteiger partial charge in [-0.05, 0) is 56.9 Å². The summed E-state index contributed by atoms with van der Waals surface area (Å²) >= 11 is 1.39. The van der Waals surface area contributed by atoms with Crippen molar-refractivity contribution in [1.29, 1.82) is 0 Å². The maximum absolute atomic E-state index is 12.2. The van der Waals surface area contributed by atoms with Crippen LogP contribution in [0.2, 0.25) is 0 Å². The minimum absolute atomic E-state index is 0.184.